The monoisotopic (exact) mass is 291 g/mol. The number of rotatable bonds is 5. The maximum atomic E-state index is 12.2. The van der Waals surface area contributed by atoms with Gasteiger partial charge < -0.3 is 10.1 Å². The van der Waals surface area contributed by atoms with Crippen molar-refractivity contribution in [2.75, 3.05) is 11.5 Å². The van der Waals surface area contributed by atoms with Crippen LogP contribution in [0.5, 0.6) is 5.75 Å². The fourth-order valence-corrected chi connectivity index (χ4v) is 3.78. The van der Waals surface area contributed by atoms with Gasteiger partial charge in [-0.25, -0.2) is 8.42 Å². The Morgan fingerprint density at radius 2 is 2.11 bits per heavy atom. The van der Waals surface area contributed by atoms with Crippen molar-refractivity contribution in [3.8, 4) is 5.75 Å². The molecule has 1 unspecified atom stereocenters. The molecule has 1 aliphatic rings. The number of hydrogen-bond acceptors (Lipinski definition) is 4. The minimum Gasteiger partial charge on any atom is -0.434 e. The molecule has 1 saturated heterocycles. The van der Waals surface area contributed by atoms with E-state index in [9.17, 15) is 17.2 Å². The van der Waals surface area contributed by atoms with Crippen LogP contribution in [0.1, 0.15) is 12.0 Å². The molecular weight excluding hydrogens is 276 g/mol. The van der Waals surface area contributed by atoms with E-state index in [1.54, 1.807) is 18.2 Å². The van der Waals surface area contributed by atoms with E-state index in [4.69, 9.17) is 0 Å². The van der Waals surface area contributed by atoms with Crippen LogP contribution < -0.4 is 10.1 Å². The van der Waals surface area contributed by atoms with Gasteiger partial charge in [-0.1, -0.05) is 18.2 Å². The van der Waals surface area contributed by atoms with Crippen LogP contribution in [0.25, 0.3) is 0 Å². The maximum Gasteiger partial charge on any atom is 0.387 e. The molecule has 0 aliphatic carbocycles. The van der Waals surface area contributed by atoms with Crippen LogP contribution >= 0.6 is 0 Å². The predicted molar refractivity (Wildman–Crippen MR) is 67.0 cm³/mol. The van der Waals surface area contributed by atoms with E-state index in [0.29, 0.717) is 18.5 Å². The summed E-state index contributed by atoms with van der Waals surface area (Å²) in [6.45, 7) is -2.56. The Balaban J connectivity index is 1.96. The van der Waals surface area contributed by atoms with E-state index < -0.39 is 16.4 Å². The minimum absolute atomic E-state index is 0.102. The normalized spacial score (nSPS) is 21.7. The first-order valence-electron chi connectivity index (χ1n) is 5.93. The molecule has 1 aromatic rings. The van der Waals surface area contributed by atoms with Gasteiger partial charge in [0.15, 0.2) is 9.84 Å². The van der Waals surface area contributed by atoms with E-state index in [1.165, 1.54) is 6.07 Å². The Bertz CT molecular complexity index is 534. The minimum atomic E-state index is -2.94. The Hall–Kier alpha value is -1.21. The summed E-state index contributed by atoms with van der Waals surface area (Å²) in [5.41, 5.74) is 0.590. The largest absolute Gasteiger partial charge is 0.434 e. The van der Waals surface area contributed by atoms with Crippen LogP contribution in [0.15, 0.2) is 24.3 Å². The van der Waals surface area contributed by atoms with E-state index >= 15 is 0 Å². The van der Waals surface area contributed by atoms with Crippen molar-refractivity contribution < 1.29 is 21.9 Å². The lowest BCUT2D eigenvalue weighted by atomic mass is 10.2. The van der Waals surface area contributed by atoms with Gasteiger partial charge in [-0.3, -0.25) is 0 Å². The van der Waals surface area contributed by atoms with Gasteiger partial charge in [-0.15, -0.1) is 0 Å². The maximum absolute atomic E-state index is 12.2. The van der Waals surface area contributed by atoms with E-state index in [-0.39, 0.29) is 23.3 Å². The highest BCUT2D eigenvalue weighted by Crippen LogP contribution is 2.21. The van der Waals surface area contributed by atoms with Crippen LogP contribution in [0.3, 0.4) is 0 Å². The lowest BCUT2D eigenvalue weighted by molar-refractivity contribution is -0.0505. The summed E-state index contributed by atoms with van der Waals surface area (Å²) >= 11 is 0. The lowest BCUT2D eigenvalue weighted by Gasteiger charge is -2.14. The third-order valence-electron chi connectivity index (χ3n) is 3.00. The van der Waals surface area contributed by atoms with Gasteiger partial charge in [0, 0.05) is 18.2 Å². The predicted octanol–water partition coefficient (Wildman–Crippen LogP) is 1.56. The van der Waals surface area contributed by atoms with Crippen molar-refractivity contribution in [1.82, 2.24) is 5.32 Å². The highest BCUT2D eigenvalue weighted by atomic mass is 32.2. The van der Waals surface area contributed by atoms with Gasteiger partial charge in [0.2, 0.25) is 0 Å². The fraction of sp³-hybridized carbons (Fsp3) is 0.500. The molecule has 4 nitrogen and oxygen atoms in total. The second-order valence-electron chi connectivity index (χ2n) is 4.47. The van der Waals surface area contributed by atoms with E-state index in [1.807, 2.05) is 0 Å². The summed E-state index contributed by atoms with van der Waals surface area (Å²) in [4.78, 5) is 0. The van der Waals surface area contributed by atoms with Crippen molar-refractivity contribution in [2.45, 2.75) is 25.6 Å². The summed E-state index contributed by atoms with van der Waals surface area (Å²) in [6, 6.07) is 6.36. The lowest BCUT2D eigenvalue weighted by Crippen LogP contribution is -2.29. The molecule has 0 saturated carbocycles. The summed E-state index contributed by atoms with van der Waals surface area (Å²) in [6.07, 6.45) is 0.556. The molecular formula is C12H15F2NO3S. The number of halogens is 2. The van der Waals surface area contributed by atoms with Crippen LogP contribution in [-0.4, -0.2) is 32.6 Å². The van der Waals surface area contributed by atoms with E-state index in [2.05, 4.69) is 10.1 Å². The summed E-state index contributed by atoms with van der Waals surface area (Å²) in [5.74, 6) is 0.399. The molecule has 106 valence electrons. The van der Waals surface area contributed by atoms with Gasteiger partial charge in [0.05, 0.1) is 11.5 Å². The Labute approximate surface area is 110 Å². The number of para-hydroxylation sites is 1. The first-order valence-corrected chi connectivity index (χ1v) is 7.75. The van der Waals surface area contributed by atoms with Gasteiger partial charge in [0.1, 0.15) is 5.75 Å². The van der Waals surface area contributed by atoms with Crippen molar-refractivity contribution in [2.24, 2.45) is 0 Å². The zero-order chi connectivity index (χ0) is 13.9. The van der Waals surface area contributed by atoms with Crippen LogP contribution in [0.2, 0.25) is 0 Å². The second kappa shape index (κ2) is 5.83. The standard InChI is InChI=1S/C12H15F2NO3S/c13-12(14)18-11-4-2-1-3-9(11)7-15-10-5-6-19(16,17)8-10/h1-4,10,12,15H,5-8H2. The molecule has 1 N–H and O–H groups in total. The third kappa shape index (κ3) is 4.14. The van der Waals surface area contributed by atoms with Crippen LogP contribution in [0, 0.1) is 0 Å². The molecule has 0 amide bonds. The molecule has 1 aliphatic heterocycles. The molecule has 0 spiro atoms. The first kappa shape index (κ1) is 14.2. The highest BCUT2D eigenvalue weighted by molar-refractivity contribution is 7.91. The van der Waals surface area contributed by atoms with E-state index in [0.717, 1.165) is 0 Å². The molecule has 1 aromatic carbocycles. The topological polar surface area (TPSA) is 55.4 Å². The quantitative estimate of drug-likeness (QED) is 0.894. The van der Waals surface area contributed by atoms with Crippen LogP contribution in [0.4, 0.5) is 8.78 Å². The third-order valence-corrected chi connectivity index (χ3v) is 4.77. The molecule has 0 radical (unpaired) electrons. The Kier molecular flexibility index (Phi) is 4.36. The highest BCUT2D eigenvalue weighted by Gasteiger charge is 2.27. The fourth-order valence-electron chi connectivity index (χ4n) is 2.07. The first-order chi connectivity index (χ1) is 8.96. The number of sulfone groups is 1. The van der Waals surface area contributed by atoms with Crippen molar-refractivity contribution in [1.29, 1.82) is 0 Å². The van der Waals surface area contributed by atoms with Crippen molar-refractivity contribution >= 4 is 9.84 Å². The Morgan fingerprint density at radius 1 is 1.37 bits per heavy atom. The SMILES string of the molecule is O=S1(=O)CCC(NCc2ccccc2OC(F)F)C1. The van der Waals surface area contributed by atoms with Gasteiger partial charge in [0.25, 0.3) is 0 Å². The number of alkyl halides is 2. The Morgan fingerprint density at radius 3 is 2.74 bits per heavy atom. The molecule has 0 bridgehead atoms. The molecule has 1 atom stereocenters. The molecule has 2 rings (SSSR count). The van der Waals surface area contributed by atoms with Gasteiger partial charge >= 0.3 is 6.61 Å². The number of benzene rings is 1. The molecule has 1 heterocycles. The average Bonchev–Trinajstić information content (AvgIpc) is 2.67. The molecule has 19 heavy (non-hydrogen) atoms. The van der Waals surface area contributed by atoms with Crippen molar-refractivity contribution in [3.05, 3.63) is 29.8 Å². The second-order valence-corrected chi connectivity index (χ2v) is 6.70. The number of nitrogens with one attached hydrogen (secondary N) is 1. The summed E-state index contributed by atoms with van der Waals surface area (Å²) < 4.78 is 51.5. The van der Waals surface area contributed by atoms with Gasteiger partial charge in [-0.05, 0) is 12.5 Å². The summed E-state index contributed by atoms with van der Waals surface area (Å²) in [5, 5.41) is 3.06. The van der Waals surface area contributed by atoms with Gasteiger partial charge in [-0.2, -0.15) is 8.78 Å². The molecule has 1 fully saturated rings. The van der Waals surface area contributed by atoms with Crippen LogP contribution in [-0.2, 0) is 16.4 Å². The number of hydrogen-bond donors (Lipinski definition) is 1. The zero-order valence-electron chi connectivity index (χ0n) is 10.2. The number of ether oxygens (including phenoxy) is 1. The van der Waals surface area contributed by atoms with Crippen molar-refractivity contribution in [3.63, 3.8) is 0 Å². The summed E-state index contributed by atoms with van der Waals surface area (Å²) in [7, 11) is -2.94. The smallest absolute Gasteiger partial charge is 0.387 e. The molecule has 0 aromatic heterocycles. The zero-order valence-corrected chi connectivity index (χ0v) is 11.0. The molecule has 7 heteroatoms. The average molecular weight is 291 g/mol.